The van der Waals surface area contributed by atoms with Crippen molar-refractivity contribution in [2.75, 3.05) is 7.11 Å². The summed E-state index contributed by atoms with van der Waals surface area (Å²) in [6.45, 7) is 2.18. The summed E-state index contributed by atoms with van der Waals surface area (Å²) in [4.78, 5) is 0. The Morgan fingerprint density at radius 2 is 2.00 bits per heavy atom. The van der Waals surface area contributed by atoms with Crippen molar-refractivity contribution in [1.29, 1.82) is 0 Å². The van der Waals surface area contributed by atoms with Crippen LogP contribution >= 0.6 is 23.2 Å². The summed E-state index contributed by atoms with van der Waals surface area (Å²) in [5.41, 5.74) is 0.709. The van der Waals surface area contributed by atoms with Gasteiger partial charge in [0.25, 0.3) is 0 Å². The normalized spacial score (nSPS) is 25.2. The number of halogens is 2. The monoisotopic (exact) mass is 288 g/mol. The molecule has 18 heavy (non-hydrogen) atoms. The fraction of sp³-hybridized carbons (Fsp3) is 0.571. The second-order valence-corrected chi connectivity index (χ2v) is 5.84. The van der Waals surface area contributed by atoms with Crippen LogP contribution in [0.4, 0.5) is 0 Å². The fourth-order valence-corrected chi connectivity index (χ4v) is 3.32. The lowest BCUT2D eigenvalue weighted by Gasteiger charge is -2.24. The number of aliphatic hydroxyl groups is 1. The minimum absolute atomic E-state index is 0.270. The van der Waals surface area contributed by atoms with E-state index in [1.807, 2.05) is 0 Å². The Labute approximate surface area is 118 Å². The van der Waals surface area contributed by atoms with Gasteiger partial charge >= 0.3 is 0 Å². The van der Waals surface area contributed by atoms with Crippen molar-refractivity contribution in [3.63, 3.8) is 0 Å². The Hall–Kier alpha value is -0.440. The standard InChI is InChI=1S/C14H18Cl2O2/c1-8-4-3-5-9(8)14(17)10-6-12(16)13(18-2)7-11(10)15/h6-9,14,17H,3-5H2,1-2H3. The van der Waals surface area contributed by atoms with Crippen LogP contribution < -0.4 is 4.74 Å². The Bertz CT molecular complexity index is 434. The van der Waals surface area contributed by atoms with Crippen LogP contribution in [-0.2, 0) is 0 Å². The zero-order valence-corrected chi connectivity index (χ0v) is 12.1. The maximum Gasteiger partial charge on any atom is 0.138 e. The quantitative estimate of drug-likeness (QED) is 0.889. The summed E-state index contributed by atoms with van der Waals surface area (Å²) in [5.74, 6) is 1.33. The summed E-state index contributed by atoms with van der Waals surface area (Å²) >= 11 is 12.3. The van der Waals surface area contributed by atoms with Gasteiger partial charge in [-0.2, -0.15) is 0 Å². The van der Waals surface area contributed by atoms with Crippen molar-refractivity contribution < 1.29 is 9.84 Å². The highest BCUT2D eigenvalue weighted by Gasteiger charge is 2.32. The summed E-state index contributed by atoms with van der Waals surface area (Å²) in [6, 6.07) is 3.39. The van der Waals surface area contributed by atoms with E-state index in [9.17, 15) is 5.11 Å². The van der Waals surface area contributed by atoms with Gasteiger partial charge in [0.05, 0.1) is 23.3 Å². The molecule has 100 valence electrons. The minimum atomic E-state index is -0.543. The maximum atomic E-state index is 10.5. The Balaban J connectivity index is 2.30. The molecule has 0 bridgehead atoms. The number of ether oxygens (including phenoxy) is 1. The highest BCUT2D eigenvalue weighted by molar-refractivity contribution is 6.34. The summed E-state index contributed by atoms with van der Waals surface area (Å²) in [7, 11) is 1.55. The second-order valence-electron chi connectivity index (χ2n) is 5.03. The Kier molecular flexibility index (Phi) is 4.41. The van der Waals surface area contributed by atoms with E-state index >= 15 is 0 Å². The number of rotatable bonds is 3. The van der Waals surface area contributed by atoms with Gasteiger partial charge in [-0.05, 0) is 24.3 Å². The number of hydrogen-bond donors (Lipinski definition) is 1. The molecule has 1 aromatic rings. The first-order chi connectivity index (χ1) is 8.54. The van der Waals surface area contributed by atoms with Crippen LogP contribution in [0.25, 0.3) is 0 Å². The molecular weight excluding hydrogens is 271 g/mol. The lowest BCUT2D eigenvalue weighted by atomic mass is 9.88. The zero-order valence-electron chi connectivity index (χ0n) is 10.6. The average molecular weight is 289 g/mol. The first kappa shape index (κ1) is 14.0. The van der Waals surface area contributed by atoms with Gasteiger partial charge in [0.1, 0.15) is 5.75 Å². The van der Waals surface area contributed by atoms with E-state index in [4.69, 9.17) is 27.9 Å². The molecule has 1 fully saturated rings. The van der Waals surface area contributed by atoms with E-state index in [0.29, 0.717) is 27.3 Å². The molecule has 0 aromatic heterocycles. The van der Waals surface area contributed by atoms with Gasteiger partial charge < -0.3 is 9.84 Å². The van der Waals surface area contributed by atoms with E-state index in [-0.39, 0.29) is 5.92 Å². The van der Waals surface area contributed by atoms with Gasteiger partial charge in [-0.3, -0.25) is 0 Å². The molecule has 3 atom stereocenters. The van der Waals surface area contributed by atoms with E-state index in [1.165, 1.54) is 12.8 Å². The third kappa shape index (κ3) is 2.61. The van der Waals surface area contributed by atoms with Crippen LogP contribution in [0.15, 0.2) is 12.1 Å². The first-order valence-corrected chi connectivity index (χ1v) is 7.01. The highest BCUT2D eigenvalue weighted by Crippen LogP contribution is 2.43. The molecule has 0 radical (unpaired) electrons. The van der Waals surface area contributed by atoms with Crippen LogP contribution in [0.1, 0.15) is 37.9 Å². The zero-order chi connectivity index (χ0) is 13.3. The fourth-order valence-electron chi connectivity index (χ4n) is 2.80. The summed E-state index contributed by atoms with van der Waals surface area (Å²) < 4.78 is 5.11. The molecule has 0 aliphatic heterocycles. The van der Waals surface area contributed by atoms with E-state index in [0.717, 1.165) is 6.42 Å². The molecular formula is C14H18Cl2O2. The number of aliphatic hydroxyl groups excluding tert-OH is 1. The number of benzene rings is 1. The Morgan fingerprint density at radius 3 is 2.56 bits per heavy atom. The number of hydrogen-bond acceptors (Lipinski definition) is 2. The van der Waals surface area contributed by atoms with E-state index < -0.39 is 6.10 Å². The number of methoxy groups -OCH3 is 1. The van der Waals surface area contributed by atoms with Crippen molar-refractivity contribution in [2.45, 2.75) is 32.3 Å². The molecule has 4 heteroatoms. The average Bonchev–Trinajstić information content (AvgIpc) is 2.77. The van der Waals surface area contributed by atoms with Gasteiger partial charge in [0.15, 0.2) is 0 Å². The van der Waals surface area contributed by atoms with Crippen LogP contribution in [0, 0.1) is 11.8 Å². The lowest BCUT2D eigenvalue weighted by Crippen LogP contribution is -2.15. The summed E-state index contributed by atoms with van der Waals surface area (Å²) in [6.07, 6.45) is 2.84. The van der Waals surface area contributed by atoms with Crippen molar-refractivity contribution in [3.05, 3.63) is 27.7 Å². The van der Waals surface area contributed by atoms with Crippen LogP contribution in [0.5, 0.6) is 5.75 Å². The smallest absolute Gasteiger partial charge is 0.138 e. The van der Waals surface area contributed by atoms with Gasteiger partial charge in [-0.1, -0.05) is 43.0 Å². The molecule has 1 aromatic carbocycles. The highest BCUT2D eigenvalue weighted by atomic mass is 35.5. The Morgan fingerprint density at radius 1 is 1.28 bits per heavy atom. The van der Waals surface area contributed by atoms with Crippen molar-refractivity contribution in [3.8, 4) is 5.75 Å². The predicted molar refractivity (Wildman–Crippen MR) is 74.5 cm³/mol. The van der Waals surface area contributed by atoms with Crippen molar-refractivity contribution in [1.82, 2.24) is 0 Å². The van der Waals surface area contributed by atoms with Crippen LogP contribution in [0.3, 0.4) is 0 Å². The first-order valence-electron chi connectivity index (χ1n) is 6.25. The van der Waals surface area contributed by atoms with Gasteiger partial charge in [-0.25, -0.2) is 0 Å². The summed E-state index contributed by atoms with van der Waals surface area (Å²) in [5, 5.41) is 11.5. The van der Waals surface area contributed by atoms with Crippen molar-refractivity contribution in [2.24, 2.45) is 11.8 Å². The molecule has 0 heterocycles. The molecule has 1 N–H and O–H groups in total. The third-order valence-corrected chi connectivity index (χ3v) is 4.55. The molecule has 3 unspecified atom stereocenters. The SMILES string of the molecule is COc1cc(Cl)c(C(O)C2CCCC2C)cc1Cl. The predicted octanol–water partition coefficient (Wildman–Crippen LogP) is 4.47. The third-order valence-electron chi connectivity index (χ3n) is 3.92. The van der Waals surface area contributed by atoms with Gasteiger partial charge in [0, 0.05) is 11.6 Å². The second kappa shape index (κ2) is 5.68. The maximum absolute atomic E-state index is 10.5. The molecule has 1 aliphatic rings. The lowest BCUT2D eigenvalue weighted by molar-refractivity contribution is 0.0901. The molecule has 0 amide bonds. The van der Waals surface area contributed by atoms with Gasteiger partial charge in [0.2, 0.25) is 0 Å². The molecule has 1 saturated carbocycles. The van der Waals surface area contributed by atoms with Crippen LogP contribution in [0.2, 0.25) is 10.0 Å². The largest absolute Gasteiger partial charge is 0.495 e. The van der Waals surface area contributed by atoms with E-state index in [2.05, 4.69) is 6.92 Å². The topological polar surface area (TPSA) is 29.5 Å². The molecule has 2 nitrogen and oxygen atoms in total. The van der Waals surface area contributed by atoms with Crippen molar-refractivity contribution >= 4 is 23.2 Å². The molecule has 0 spiro atoms. The van der Waals surface area contributed by atoms with E-state index in [1.54, 1.807) is 19.2 Å². The van der Waals surface area contributed by atoms with Gasteiger partial charge in [-0.15, -0.1) is 0 Å². The molecule has 0 saturated heterocycles. The molecule has 2 rings (SSSR count). The minimum Gasteiger partial charge on any atom is -0.495 e. The molecule has 1 aliphatic carbocycles. The van der Waals surface area contributed by atoms with Crippen LogP contribution in [-0.4, -0.2) is 12.2 Å².